The molecule has 3 heterocycles. The van der Waals surface area contributed by atoms with E-state index in [2.05, 4.69) is 0 Å². The second-order valence-corrected chi connectivity index (χ2v) is 6.10. The lowest BCUT2D eigenvalue weighted by atomic mass is 10.1. The van der Waals surface area contributed by atoms with Crippen LogP contribution in [0.3, 0.4) is 0 Å². The molecular weight excluding hydrogens is 256 g/mol. The summed E-state index contributed by atoms with van der Waals surface area (Å²) in [7, 11) is 0. The molecule has 0 bridgehead atoms. The predicted molar refractivity (Wildman–Crippen MR) is 74.1 cm³/mol. The molecule has 0 saturated carbocycles. The molecule has 2 amide bonds. The van der Waals surface area contributed by atoms with Crippen molar-refractivity contribution >= 4 is 11.8 Å². The van der Waals surface area contributed by atoms with E-state index in [9.17, 15) is 9.59 Å². The molecule has 3 saturated heterocycles. The molecule has 0 radical (unpaired) electrons. The number of carbonyl (C=O) groups is 2. The summed E-state index contributed by atoms with van der Waals surface area (Å²) >= 11 is 0. The zero-order chi connectivity index (χ0) is 13.9. The number of hydrogen-bond donors (Lipinski definition) is 0. The van der Waals surface area contributed by atoms with E-state index >= 15 is 0 Å². The van der Waals surface area contributed by atoms with E-state index in [4.69, 9.17) is 4.74 Å². The van der Waals surface area contributed by atoms with E-state index in [0.717, 1.165) is 51.8 Å². The third-order valence-corrected chi connectivity index (χ3v) is 4.76. The minimum Gasteiger partial charge on any atom is -0.378 e. The first kappa shape index (κ1) is 13.9. The van der Waals surface area contributed by atoms with Crippen molar-refractivity contribution in [1.29, 1.82) is 0 Å². The van der Waals surface area contributed by atoms with Crippen LogP contribution in [0.5, 0.6) is 0 Å². The highest BCUT2D eigenvalue weighted by molar-refractivity contribution is 5.90. The largest absolute Gasteiger partial charge is 0.378 e. The Kier molecular flexibility index (Phi) is 4.24. The van der Waals surface area contributed by atoms with E-state index in [1.807, 2.05) is 4.90 Å². The molecule has 0 N–H and O–H groups in total. The van der Waals surface area contributed by atoms with Gasteiger partial charge in [0, 0.05) is 32.7 Å². The third-order valence-electron chi connectivity index (χ3n) is 4.76. The van der Waals surface area contributed by atoms with Crippen LogP contribution in [-0.2, 0) is 14.3 Å². The molecule has 2 atom stereocenters. The van der Waals surface area contributed by atoms with Gasteiger partial charge in [-0.15, -0.1) is 0 Å². The highest BCUT2D eigenvalue weighted by atomic mass is 16.5. The van der Waals surface area contributed by atoms with Gasteiger partial charge in [-0.3, -0.25) is 9.59 Å². The zero-order valence-electron chi connectivity index (χ0n) is 12.1. The van der Waals surface area contributed by atoms with Crippen LogP contribution in [0.15, 0.2) is 0 Å². The molecule has 0 spiro atoms. The molecule has 0 aromatic carbocycles. The van der Waals surface area contributed by atoms with Crippen molar-refractivity contribution in [3.63, 3.8) is 0 Å². The highest BCUT2D eigenvalue weighted by Crippen LogP contribution is 2.24. The quantitative estimate of drug-likeness (QED) is 0.780. The van der Waals surface area contributed by atoms with Gasteiger partial charge in [-0.05, 0) is 38.5 Å². The number of ether oxygens (including phenoxy) is 1. The maximum absolute atomic E-state index is 12.5. The Bertz CT molecular complexity index is 379. The van der Waals surface area contributed by atoms with Crippen molar-refractivity contribution in [3.8, 4) is 0 Å². The Balaban J connectivity index is 1.58. The van der Waals surface area contributed by atoms with Gasteiger partial charge in [0.2, 0.25) is 11.8 Å². The first-order chi connectivity index (χ1) is 9.75. The van der Waals surface area contributed by atoms with Gasteiger partial charge in [0.15, 0.2) is 0 Å². The van der Waals surface area contributed by atoms with Crippen LogP contribution in [0.4, 0.5) is 0 Å². The number of nitrogens with zero attached hydrogens (tertiary/aromatic N) is 2. The summed E-state index contributed by atoms with van der Waals surface area (Å²) in [4.78, 5) is 28.2. The topological polar surface area (TPSA) is 49.9 Å². The number of rotatable bonds is 3. The van der Waals surface area contributed by atoms with E-state index in [1.54, 1.807) is 4.90 Å². The van der Waals surface area contributed by atoms with Crippen molar-refractivity contribution in [3.05, 3.63) is 0 Å². The van der Waals surface area contributed by atoms with Crippen LogP contribution in [-0.4, -0.2) is 60.0 Å². The third kappa shape index (κ3) is 2.82. The van der Waals surface area contributed by atoms with Crippen molar-refractivity contribution in [2.24, 2.45) is 0 Å². The minimum absolute atomic E-state index is 0.150. The second kappa shape index (κ2) is 6.12. The van der Waals surface area contributed by atoms with Crippen LogP contribution in [0.25, 0.3) is 0 Å². The number of fused-ring (bicyclic) bond motifs is 1. The maximum atomic E-state index is 12.5. The van der Waals surface area contributed by atoms with E-state index in [0.29, 0.717) is 19.1 Å². The summed E-state index contributed by atoms with van der Waals surface area (Å²) in [5.41, 5.74) is 0. The van der Waals surface area contributed by atoms with Gasteiger partial charge in [0.05, 0.1) is 6.10 Å². The summed E-state index contributed by atoms with van der Waals surface area (Å²) in [6.07, 6.45) is 6.98. The lowest BCUT2D eigenvalue weighted by Gasteiger charge is -2.28. The lowest BCUT2D eigenvalue weighted by Crippen LogP contribution is -2.44. The zero-order valence-corrected chi connectivity index (χ0v) is 12.1. The Morgan fingerprint density at radius 2 is 2.00 bits per heavy atom. The SMILES string of the molecule is O=C1C2CCCN2C(=O)CCN1CCC1CCCCO1. The summed E-state index contributed by atoms with van der Waals surface area (Å²) in [6, 6.07) is -0.183. The number of amides is 2. The molecule has 5 heteroatoms. The molecule has 3 rings (SSSR count). The molecule has 5 nitrogen and oxygen atoms in total. The molecule has 112 valence electrons. The van der Waals surface area contributed by atoms with Gasteiger partial charge < -0.3 is 14.5 Å². The average molecular weight is 280 g/mol. The predicted octanol–water partition coefficient (Wildman–Crippen LogP) is 1.17. The Labute approximate surface area is 120 Å². The molecule has 20 heavy (non-hydrogen) atoms. The van der Waals surface area contributed by atoms with Crippen molar-refractivity contribution in [2.75, 3.05) is 26.2 Å². The van der Waals surface area contributed by atoms with Gasteiger partial charge in [-0.2, -0.15) is 0 Å². The van der Waals surface area contributed by atoms with Gasteiger partial charge in [-0.25, -0.2) is 0 Å². The minimum atomic E-state index is -0.183. The second-order valence-electron chi connectivity index (χ2n) is 6.10. The van der Waals surface area contributed by atoms with Crippen LogP contribution >= 0.6 is 0 Å². The molecule has 0 aliphatic carbocycles. The summed E-state index contributed by atoms with van der Waals surface area (Å²) in [5.74, 6) is 0.307. The van der Waals surface area contributed by atoms with Gasteiger partial charge in [0.25, 0.3) is 0 Å². The molecule has 0 aromatic heterocycles. The fourth-order valence-corrected chi connectivity index (χ4v) is 3.57. The van der Waals surface area contributed by atoms with E-state index in [-0.39, 0.29) is 17.9 Å². The summed E-state index contributed by atoms with van der Waals surface area (Å²) in [5, 5.41) is 0. The monoisotopic (exact) mass is 280 g/mol. The normalized spacial score (nSPS) is 31.4. The Morgan fingerprint density at radius 1 is 1.10 bits per heavy atom. The molecule has 3 aliphatic heterocycles. The maximum Gasteiger partial charge on any atom is 0.245 e. The molecule has 3 aliphatic rings. The molecule has 3 fully saturated rings. The number of carbonyl (C=O) groups excluding carboxylic acids is 2. The molecule has 2 unspecified atom stereocenters. The van der Waals surface area contributed by atoms with Crippen molar-refractivity contribution in [1.82, 2.24) is 9.80 Å². The summed E-state index contributed by atoms with van der Waals surface area (Å²) < 4.78 is 5.73. The van der Waals surface area contributed by atoms with Crippen LogP contribution in [0, 0.1) is 0 Å². The van der Waals surface area contributed by atoms with Gasteiger partial charge in [0.1, 0.15) is 6.04 Å². The first-order valence-corrected chi connectivity index (χ1v) is 7.95. The smallest absolute Gasteiger partial charge is 0.245 e. The van der Waals surface area contributed by atoms with E-state index < -0.39 is 0 Å². The van der Waals surface area contributed by atoms with Crippen molar-refractivity contribution < 1.29 is 14.3 Å². The van der Waals surface area contributed by atoms with Crippen LogP contribution < -0.4 is 0 Å². The highest BCUT2D eigenvalue weighted by Gasteiger charge is 2.39. The molecular formula is C15H24N2O3. The Morgan fingerprint density at radius 3 is 2.80 bits per heavy atom. The van der Waals surface area contributed by atoms with E-state index in [1.165, 1.54) is 6.42 Å². The van der Waals surface area contributed by atoms with Crippen LogP contribution in [0.1, 0.15) is 44.9 Å². The lowest BCUT2D eigenvalue weighted by molar-refractivity contribution is -0.139. The molecule has 0 aromatic rings. The average Bonchev–Trinajstić information content (AvgIpc) is 2.93. The fourth-order valence-electron chi connectivity index (χ4n) is 3.57. The number of hydrogen-bond acceptors (Lipinski definition) is 3. The standard InChI is InChI=1S/C15H24N2O3/c18-14-7-10-16(9-6-12-4-1-2-11-20-12)15(19)13-5-3-8-17(13)14/h12-13H,1-11H2. The summed E-state index contributed by atoms with van der Waals surface area (Å²) in [6.45, 7) is 2.93. The van der Waals surface area contributed by atoms with Gasteiger partial charge in [-0.1, -0.05) is 0 Å². The Hall–Kier alpha value is -1.10. The van der Waals surface area contributed by atoms with Crippen molar-refractivity contribution in [2.45, 2.75) is 57.1 Å². The fraction of sp³-hybridized carbons (Fsp3) is 0.867. The van der Waals surface area contributed by atoms with Crippen LogP contribution in [0.2, 0.25) is 0 Å². The van der Waals surface area contributed by atoms with Gasteiger partial charge >= 0.3 is 0 Å². The first-order valence-electron chi connectivity index (χ1n) is 7.95.